The number of carbonyl (C=O) groups is 1. The second-order valence-electron chi connectivity index (χ2n) is 5.99. The van der Waals surface area contributed by atoms with E-state index in [0.717, 1.165) is 45.3 Å². The van der Waals surface area contributed by atoms with Gasteiger partial charge in [0.05, 0.1) is 4.88 Å². The molecule has 3 heterocycles. The Labute approximate surface area is 138 Å². The number of nitrogens with two attached hydrogens (primary N) is 1. The second kappa shape index (κ2) is 5.54. The third-order valence-electron chi connectivity index (χ3n) is 4.28. The lowest BCUT2D eigenvalue weighted by Crippen LogP contribution is -2.31. The van der Waals surface area contributed by atoms with Gasteiger partial charge in [-0.15, -0.1) is 11.3 Å². The lowest BCUT2D eigenvalue weighted by Gasteiger charge is -2.15. The van der Waals surface area contributed by atoms with Crippen LogP contribution in [0.3, 0.4) is 0 Å². The molecular formula is C17H18N2O3S. The molecule has 2 N–H and O–H groups in total. The summed E-state index contributed by atoms with van der Waals surface area (Å²) in [6, 6.07) is 8.04. The molecule has 0 bridgehead atoms. The molecule has 23 heavy (non-hydrogen) atoms. The number of hydrogen-bond acceptors (Lipinski definition) is 5. The molecule has 1 amide bonds. The van der Waals surface area contributed by atoms with E-state index in [0.29, 0.717) is 6.54 Å². The first-order chi connectivity index (χ1) is 11.1. The van der Waals surface area contributed by atoms with Crippen molar-refractivity contribution in [3.63, 3.8) is 0 Å². The van der Waals surface area contributed by atoms with Gasteiger partial charge in [-0.05, 0) is 48.7 Å². The van der Waals surface area contributed by atoms with Gasteiger partial charge in [0.2, 0.25) is 6.79 Å². The van der Waals surface area contributed by atoms with Gasteiger partial charge < -0.3 is 20.1 Å². The highest BCUT2D eigenvalue weighted by molar-refractivity contribution is 7.17. The molecule has 2 aliphatic rings. The minimum Gasteiger partial charge on any atom is -0.454 e. The van der Waals surface area contributed by atoms with Crippen molar-refractivity contribution >= 4 is 17.2 Å². The maximum absolute atomic E-state index is 12.7. The van der Waals surface area contributed by atoms with E-state index >= 15 is 0 Å². The summed E-state index contributed by atoms with van der Waals surface area (Å²) < 4.78 is 10.8. The first-order valence-corrected chi connectivity index (χ1v) is 8.49. The molecule has 4 rings (SSSR count). The van der Waals surface area contributed by atoms with Crippen molar-refractivity contribution in [1.82, 2.24) is 4.90 Å². The molecule has 0 aliphatic carbocycles. The summed E-state index contributed by atoms with van der Waals surface area (Å²) in [4.78, 5) is 16.4. The third-order valence-corrected chi connectivity index (χ3v) is 5.56. The largest absolute Gasteiger partial charge is 0.454 e. The quantitative estimate of drug-likeness (QED) is 0.919. The number of likely N-dealkylation sites (tertiary alicyclic amines) is 1. The van der Waals surface area contributed by atoms with E-state index in [4.69, 9.17) is 15.2 Å². The zero-order valence-corrected chi connectivity index (χ0v) is 13.7. The second-order valence-corrected chi connectivity index (χ2v) is 7.04. The maximum atomic E-state index is 12.7. The van der Waals surface area contributed by atoms with Crippen LogP contribution in [-0.4, -0.2) is 36.7 Å². The fourth-order valence-corrected chi connectivity index (χ4v) is 4.14. The number of hydrogen-bond donors (Lipinski definition) is 1. The molecule has 0 unspecified atom stereocenters. The molecule has 1 fully saturated rings. The number of ether oxygens (including phenoxy) is 2. The van der Waals surface area contributed by atoms with E-state index in [9.17, 15) is 4.79 Å². The monoisotopic (exact) mass is 330 g/mol. The third kappa shape index (κ3) is 2.58. The molecule has 0 saturated carbocycles. The molecule has 120 valence electrons. The zero-order valence-electron chi connectivity index (χ0n) is 12.9. The first kappa shape index (κ1) is 14.5. The highest BCUT2D eigenvalue weighted by Crippen LogP contribution is 2.39. The smallest absolute Gasteiger partial charge is 0.264 e. The Morgan fingerprint density at radius 3 is 2.91 bits per heavy atom. The molecule has 2 aliphatic heterocycles. The maximum Gasteiger partial charge on any atom is 0.264 e. The number of nitrogens with zero attached hydrogens (tertiary/aromatic N) is 1. The van der Waals surface area contributed by atoms with Crippen LogP contribution >= 0.6 is 11.3 Å². The summed E-state index contributed by atoms with van der Waals surface area (Å²) in [5, 5.41) is 0. The van der Waals surface area contributed by atoms with Crippen molar-refractivity contribution in [3.8, 4) is 21.9 Å². The average molecular weight is 330 g/mol. The van der Waals surface area contributed by atoms with Crippen molar-refractivity contribution in [1.29, 1.82) is 0 Å². The standard InChI is InChI=1S/C17H18N2O3S/c1-10-6-15(11-2-3-13-14(7-11)22-9-21-13)23-16(10)17(20)19-5-4-12(18)8-19/h2-3,6-7,12H,4-5,8-9,18H2,1H3/t12-/m0/s1. The molecule has 1 atom stereocenters. The first-order valence-electron chi connectivity index (χ1n) is 7.67. The van der Waals surface area contributed by atoms with Gasteiger partial charge in [0.1, 0.15) is 0 Å². The van der Waals surface area contributed by atoms with Crippen molar-refractivity contribution in [2.24, 2.45) is 5.73 Å². The van der Waals surface area contributed by atoms with Crippen LogP contribution in [0, 0.1) is 6.92 Å². The normalized spacial score (nSPS) is 19.4. The Kier molecular flexibility index (Phi) is 3.50. The van der Waals surface area contributed by atoms with Gasteiger partial charge in [-0.2, -0.15) is 0 Å². The Morgan fingerprint density at radius 2 is 2.13 bits per heavy atom. The van der Waals surface area contributed by atoms with Gasteiger partial charge in [0.25, 0.3) is 5.91 Å². The number of carbonyl (C=O) groups excluding carboxylic acids is 1. The summed E-state index contributed by atoms with van der Waals surface area (Å²) in [6.45, 7) is 3.64. The van der Waals surface area contributed by atoms with E-state index in [1.807, 2.05) is 30.0 Å². The van der Waals surface area contributed by atoms with Crippen LogP contribution < -0.4 is 15.2 Å². The van der Waals surface area contributed by atoms with E-state index in [1.165, 1.54) is 11.3 Å². The summed E-state index contributed by atoms with van der Waals surface area (Å²) >= 11 is 1.53. The predicted octanol–water partition coefficient (Wildman–Crippen LogP) is 2.63. The molecule has 2 aromatic rings. The molecule has 1 saturated heterocycles. The lowest BCUT2D eigenvalue weighted by atomic mass is 10.1. The van der Waals surface area contributed by atoms with E-state index in [2.05, 4.69) is 6.07 Å². The van der Waals surface area contributed by atoms with Gasteiger partial charge in [-0.3, -0.25) is 4.79 Å². The molecule has 5 nitrogen and oxygen atoms in total. The van der Waals surface area contributed by atoms with Crippen LogP contribution in [0.4, 0.5) is 0 Å². The highest BCUT2D eigenvalue weighted by atomic mass is 32.1. The Bertz CT molecular complexity index is 771. The van der Waals surface area contributed by atoms with E-state index in [-0.39, 0.29) is 18.7 Å². The number of amides is 1. The van der Waals surface area contributed by atoms with Crippen LogP contribution in [-0.2, 0) is 0 Å². The van der Waals surface area contributed by atoms with Crippen molar-refractivity contribution in [3.05, 3.63) is 34.7 Å². The van der Waals surface area contributed by atoms with Crippen LogP contribution in [0.5, 0.6) is 11.5 Å². The average Bonchev–Trinajstić information content (AvgIpc) is 3.25. The molecule has 6 heteroatoms. The SMILES string of the molecule is Cc1cc(-c2ccc3c(c2)OCO3)sc1C(=O)N1CC[C@H](N)C1. The van der Waals surface area contributed by atoms with Crippen LogP contribution in [0.15, 0.2) is 24.3 Å². The number of aryl methyl sites for hydroxylation is 1. The Morgan fingerprint density at radius 1 is 1.30 bits per heavy atom. The minimum absolute atomic E-state index is 0.0902. The fourth-order valence-electron chi connectivity index (χ4n) is 3.00. The molecule has 1 aromatic carbocycles. The van der Waals surface area contributed by atoms with Gasteiger partial charge in [-0.1, -0.05) is 0 Å². The van der Waals surface area contributed by atoms with Crippen molar-refractivity contribution < 1.29 is 14.3 Å². The van der Waals surface area contributed by atoms with Gasteiger partial charge in [-0.25, -0.2) is 0 Å². The minimum atomic E-state index is 0.0902. The zero-order chi connectivity index (χ0) is 16.0. The van der Waals surface area contributed by atoms with Gasteiger partial charge in [0.15, 0.2) is 11.5 Å². The number of fused-ring (bicyclic) bond motifs is 1. The predicted molar refractivity (Wildman–Crippen MR) is 89.1 cm³/mol. The molecule has 0 radical (unpaired) electrons. The number of benzene rings is 1. The van der Waals surface area contributed by atoms with Crippen LogP contribution in [0.25, 0.3) is 10.4 Å². The summed E-state index contributed by atoms with van der Waals surface area (Å²) in [7, 11) is 0. The molecule has 0 spiro atoms. The van der Waals surface area contributed by atoms with Crippen molar-refractivity contribution in [2.75, 3.05) is 19.9 Å². The Balaban J connectivity index is 1.63. The summed E-state index contributed by atoms with van der Waals surface area (Å²) in [5.41, 5.74) is 7.96. The van der Waals surface area contributed by atoms with E-state index < -0.39 is 0 Å². The van der Waals surface area contributed by atoms with Gasteiger partial charge >= 0.3 is 0 Å². The van der Waals surface area contributed by atoms with Gasteiger partial charge in [0, 0.05) is 24.0 Å². The number of thiophene rings is 1. The topological polar surface area (TPSA) is 64.8 Å². The molecule has 1 aromatic heterocycles. The van der Waals surface area contributed by atoms with E-state index in [1.54, 1.807) is 0 Å². The number of rotatable bonds is 2. The highest BCUT2D eigenvalue weighted by Gasteiger charge is 2.27. The summed E-state index contributed by atoms with van der Waals surface area (Å²) in [5.74, 6) is 1.61. The van der Waals surface area contributed by atoms with Crippen molar-refractivity contribution in [2.45, 2.75) is 19.4 Å². The van der Waals surface area contributed by atoms with Crippen LogP contribution in [0.2, 0.25) is 0 Å². The lowest BCUT2D eigenvalue weighted by molar-refractivity contribution is 0.0795. The van der Waals surface area contributed by atoms with Crippen LogP contribution in [0.1, 0.15) is 21.7 Å². The Hall–Kier alpha value is -2.05. The fraction of sp³-hybridized carbons (Fsp3) is 0.353. The molecular weight excluding hydrogens is 312 g/mol. The summed E-state index contributed by atoms with van der Waals surface area (Å²) in [6.07, 6.45) is 0.880.